The van der Waals surface area contributed by atoms with Crippen molar-refractivity contribution < 1.29 is 4.79 Å². The van der Waals surface area contributed by atoms with Gasteiger partial charge in [0.25, 0.3) is 0 Å². The molecule has 28 heavy (non-hydrogen) atoms. The van der Waals surface area contributed by atoms with Gasteiger partial charge in [-0.25, -0.2) is 19.7 Å². The van der Waals surface area contributed by atoms with Gasteiger partial charge in [0.1, 0.15) is 12.1 Å². The first-order valence-electron chi connectivity index (χ1n) is 9.16. The third-order valence-electron chi connectivity index (χ3n) is 4.65. The molecule has 1 atom stereocenters. The molecule has 8 heteroatoms. The summed E-state index contributed by atoms with van der Waals surface area (Å²) in [4.78, 5) is 31.8. The summed E-state index contributed by atoms with van der Waals surface area (Å²) in [7, 11) is 0. The number of fused-ring (bicyclic) bond motifs is 1. The quantitative estimate of drug-likeness (QED) is 0.712. The van der Waals surface area contributed by atoms with Crippen LogP contribution in [0, 0.1) is 6.92 Å². The number of aromatic nitrogens is 4. The average Bonchev–Trinajstić information content (AvgIpc) is 2.86. The summed E-state index contributed by atoms with van der Waals surface area (Å²) in [5.74, 6) is 1.05. The lowest BCUT2D eigenvalue weighted by Gasteiger charge is -2.27. The number of amides is 2. The van der Waals surface area contributed by atoms with Gasteiger partial charge in [-0.2, -0.15) is 0 Å². The number of rotatable bonds is 2. The maximum Gasteiger partial charge on any atom is 0.328 e. The van der Waals surface area contributed by atoms with Crippen molar-refractivity contribution in [2.24, 2.45) is 0 Å². The van der Waals surface area contributed by atoms with Gasteiger partial charge in [-0.1, -0.05) is 0 Å². The zero-order valence-electron chi connectivity index (χ0n) is 15.8. The molecule has 142 valence electrons. The highest BCUT2D eigenvalue weighted by molar-refractivity contribution is 6.03. The van der Waals surface area contributed by atoms with Crippen molar-refractivity contribution in [2.45, 2.75) is 26.3 Å². The maximum atomic E-state index is 13.1. The third kappa shape index (κ3) is 3.62. The van der Waals surface area contributed by atoms with Crippen LogP contribution in [-0.2, 0) is 0 Å². The van der Waals surface area contributed by atoms with Crippen LogP contribution in [0.2, 0.25) is 0 Å². The molecule has 0 aliphatic carbocycles. The maximum absolute atomic E-state index is 13.1. The number of carbonyl (C=O) groups excluding carboxylic acids is 1. The number of hydrogen-bond acceptors (Lipinski definition) is 6. The molecule has 1 aliphatic heterocycles. The lowest BCUT2D eigenvalue weighted by Crippen LogP contribution is -2.42. The van der Waals surface area contributed by atoms with Gasteiger partial charge in [0, 0.05) is 36.2 Å². The molecule has 3 aromatic heterocycles. The Bertz CT molecular complexity index is 993. The second-order valence-corrected chi connectivity index (χ2v) is 6.71. The normalized spacial score (nSPS) is 15.9. The van der Waals surface area contributed by atoms with Crippen molar-refractivity contribution in [3.05, 3.63) is 54.7 Å². The van der Waals surface area contributed by atoms with E-state index in [1.54, 1.807) is 23.4 Å². The number of anilines is 3. The molecule has 0 saturated heterocycles. The Labute approximate surface area is 163 Å². The van der Waals surface area contributed by atoms with Crippen molar-refractivity contribution in [1.29, 1.82) is 0 Å². The van der Waals surface area contributed by atoms with Gasteiger partial charge in [0.05, 0.1) is 11.4 Å². The minimum Gasteiger partial charge on any atom is -0.382 e. The minimum atomic E-state index is -0.272. The summed E-state index contributed by atoms with van der Waals surface area (Å²) >= 11 is 0. The van der Waals surface area contributed by atoms with E-state index in [-0.39, 0.29) is 12.1 Å². The van der Waals surface area contributed by atoms with E-state index in [2.05, 4.69) is 25.6 Å². The van der Waals surface area contributed by atoms with Gasteiger partial charge in [0.15, 0.2) is 5.82 Å². The van der Waals surface area contributed by atoms with Gasteiger partial charge in [0.2, 0.25) is 0 Å². The summed E-state index contributed by atoms with van der Waals surface area (Å²) in [6.45, 7) is 4.72. The molecular weight excluding hydrogens is 354 g/mol. The first-order chi connectivity index (χ1) is 13.6. The Morgan fingerprint density at radius 3 is 2.89 bits per heavy atom. The molecule has 0 unspecified atom stereocenters. The molecule has 4 heterocycles. The van der Waals surface area contributed by atoms with E-state index in [9.17, 15) is 4.79 Å². The molecule has 2 amide bonds. The summed E-state index contributed by atoms with van der Waals surface area (Å²) in [5, 5.41) is 6.21. The summed E-state index contributed by atoms with van der Waals surface area (Å²) in [5.41, 5.74) is 3.50. The molecule has 0 bridgehead atoms. The van der Waals surface area contributed by atoms with Gasteiger partial charge in [-0.15, -0.1) is 0 Å². The number of aryl methyl sites for hydroxylation is 1. The highest BCUT2D eigenvalue weighted by atomic mass is 16.2. The van der Waals surface area contributed by atoms with E-state index in [1.165, 1.54) is 6.33 Å². The minimum absolute atomic E-state index is 0.0301. The second-order valence-electron chi connectivity index (χ2n) is 6.71. The van der Waals surface area contributed by atoms with E-state index in [0.29, 0.717) is 11.6 Å². The second kappa shape index (κ2) is 7.59. The fraction of sp³-hybridized carbons (Fsp3) is 0.250. The molecule has 8 nitrogen and oxygen atoms in total. The van der Waals surface area contributed by atoms with Gasteiger partial charge >= 0.3 is 6.03 Å². The molecule has 4 rings (SSSR count). The number of hydrogen-bond donors (Lipinski definition) is 2. The molecule has 3 aromatic rings. The Balaban J connectivity index is 1.73. The standard InChI is InChI=1S/C20H21N7O/c1-13-11-15(6-10-22-13)16-3-4-17-19(25-16)27(14(2)5-9-23-17)20(28)26-18-7-8-21-12-24-18/h3-4,6-8,10-12,14,23H,5,9H2,1-2H3,(H,21,24,26,28)/t14-/m1/s1. The summed E-state index contributed by atoms with van der Waals surface area (Å²) < 4.78 is 0. The summed E-state index contributed by atoms with van der Waals surface area (Å²) in [6, 6.07) is 9.18. The zero-order chi connectivity index (χ0) is 19.5. The number of urea groups is 1. The fourth-order valence-electron chi connectivity index (χ4n) is 3.22. The Kier molecular flexibility index (Phi) is 4.84. The SMILES string of the molecule is Cc1cc(-c2ccc3c(n2)N(C(=O)Nc2ccncn2)[C@H](C)CCN3)ccn1. The van der Waals surface area contributed by atoms with Crippen LogP contribution in [0.25, 0.3) is 11.3 Å². The molecular formula is C20H21N7O. The van der Waals surface area contributed by atoms with E-state index in [0.717, 1.165) is 35.6 Å². The van der Waals surface area contributed by atoms with Crippen molar-refractivity contribution in [2.75, 3.05) is 22.1 Å². The zero-order valence-corrected chi connectivity index (χ0v) is 15.8. The van der Waals surface area contributed by atoms with Crippen molar-refractivity contribution in [3.63, 3.8) is 0 Å². The van der Waals surface area contributed by atoms with E-state index >= 15 is 0 Å². The van der Waals surface area contributed by atoms with Crippen LogP contribution >= 0.6 is 0 Å². The Morgan fingerprint density at radius 1 is 1.21 bits per heavy atom. The number of nitrogens with one attached hydrogen (secondary N) is 2. The molecule has 1 aliphatic rings. The third-order valence-corrected chi connectivity index (χ3v) is 4.65. The van der Waals surface area contributed by atoms with Crippen LogP contribution in [0.1, 0.15) is 19.0 Å². The van der Waals surface area contributed by atoms with E-state index in [4.69, 9.17) is 4.98 Å². The van der Waals surface area contributed by atoms with Crippen LogP contribution in [0.15, 0.2) is 49.1 Å². The Hall–Kier alpha value is -3.55. The van der Waals surface area contributed by atoms with E-state index in [1.807, 2.05) is 38.1 Å². The van der Waals surface area contributed by atoms with Crippen LogP contribution in [0.5, 0.6) is 0 Å². The predicted octanol–water partition coefficient (Wildman–Crippen LogP) is 3.48. The Morgan fingerprint density at radius 2 is 2.11 bits per heavy atom. The highest BCUT2D eigenvalue weighted by Gasteiger charge is 2.28. The van der Waals surface area contributed by atoms with Crippen molar-refractivity contribution in [1.82, 2.24) is 19.9 Å². The molecule has 0 radical (unpaired) electrons. The number of nitrogens with zero attached hydrogens (tertiary/aromatic N) is 5. The predicted molar refractivity (Wildman–Crippen MR) is 108 cm³/mol. The van der Waals surface area contributed by atoms with Crippen LogP contribution in [0.3, 0.4) is 0 Å². The fourth-order valence-corrected chi connectivity index (χ4v) is 3.22. The topological polar surface area (TPSA) is 95.9 Å². The molecule has 2 N–H and O–H groups in total. The van der Waals surface area contributed by atoms with Gasteiger partial charge in [-0.3, -0.25) is 15.2 Å². The monoisotopic (exact) mass is 375 g/mol. The summed E-state index contributed by atoms with van der Waals surface area (Å²) in [6.07, 6.45) is 5.56. The smallest absolute Gasteiger partial charge is 0.328 e. The molecule has 0 saturated carbocycles. The highest BCUT2D eigenvalue weighted by Crippen LogP contribution is 2.32. The van der Waals surface area contributed by atoms with Gasteiger partial charge in [-0.05, 0) is 50.6 Å². The van der Waals surface area contributed by atoms with Gasteiger partial charge < -0.3 is 5.32 Å². The first kappa shape index (κ1) is 17.8. The lowest BCUT2D eigenvalue weighted by molar-refractivity contribution is 0.255. The number of carbonyl (C=O) groups is 1. The molecule has 0 spiro atoms. The number of pyridine rings is 2. The van der Waals surface area contributed by atoms with Crippen LogP contribution < -0.4 is 15.5 Å². The largest absolute Gasteiger partial charge is 0.382 e. The van der Waals surface area contributed by atoms with E-state index < -0.39 is 0 Å². The first-order valence-corrected chi connectivity index (χ1v) is 9.16. The molecule has 0 fully saturated rings. The average molecular weight is 375 g/mol. The molecule has 0 aromatic carbocycles. The van der Waals surface area contributed by atoms with Crippen molar-refractivity contribution >= 4 is 23.4 Å². The van der Waals surface area contributed by atoms with Crippen molar-refractivity contribution in [3.8, 4) is 11.3 Å². The van der Waals surface area contributed by atoms with Crippen LogP contribution in [-0.4, -0.2) is 38.6 Å². The van der Waals surface area contributed by atoms with Crippen LogP contribution in [0.4, 0.5) is 22.1 Å². The lowest BCUT2D eigenvalue weighted by atomic mass is 10.1.